The van der Waals surface area contributed by atoms with Crippen LogP contribution in [0.2, 0.25) is 0 Å². The fourth-order valence-corrected chi connectivity index (χ4v) is 3.95. The largest absolute Gasteiger partial charge is 0.378 e. The van der Waals surface area contributed by atoms with Crippen molar-refractivity contribution in [3.63, 3.8) is 0 Å². The Bertz CT molecular complexity index is 1140. The number of amides is 2. The monoisotopic (exact) mass is 358 g/mol. The predicted octanol–water partition coefficient (Wildman–Crippen LogP) is 2.29. The van der Waals surface area contributed by atoms with Gasteiger partial charge in [-0.05, 0) is 29.3 Å². The van der Waals surface area contributed by atoms with Gasteiger partial charge >= 0.3 is 0 Å². The fraction of sp³-hybridized carbons (Fsp3) is 0.143. The first-order valence-electron chi connectivity index (χ1n) is 8.79. The van der Waals surface area contributed by atoms with Gasteiger partial charge in [0, 0.05) is 42.4 Å². The lowest BCUT2D eigenvalue weighted by molar-refractivity contribution is -0.123. The third-order valence-electron chi connectivity index (χ3n) is 5.28. The summed E-state index contributed by atoms with van der Waals surface area (Å²) in [5.74, 6) is -0.742. The maximum Gasteiger partial charge on any atom is 0.275 e. The van der Waals surface area contributed by atoms with Crippen molar-refractivity contribution < 1.29 is 9.59 Å². The average molecular weight is 358 g/mol. The molecule has 6 heteroatoms. The summed E-state index contributed by atoms with van der Waals surface area (Å²) < 4.78 is 0. The van der Waals surface area contributed by atoms with Gasteiger partial charge in [-0.3, -0.25) is 14.9 Å². The lowest BCUT2D eigenvalue weighted by Crippen LogP contribution is -2.30. The molecule has 3 N–H and O–H groups in total. The summed E-state index contributed by atoms with van der Waals surface area (Å²) in [5.41, 5.74) is 5.61. The Morgan fingerprint density at radius 3 is 2.48 bits per heavy atom. The van der Waals surface area contributed by atoms with Crippen LogP contribution in [0.5, 0.6) is 0 Å². The highest BCUT2D eigenvalue weighted by atomic mass is 16.2. The summed E-state index contributed by atoms with van der Waals surface area (Å²) in [7, 11) is 3.99. The van der Waals surface area contributed by atoms with E-state index in [9.17, 15) is 9.59 Å². The van der Waals surface area contributed by atoms with Crippen molar-refractivity contribution >= 4 is 34.0 Å². The molecule has 0 saturated carbocycles. The van der Waals surface area contributed by atoms with E-state index in [4.69, 9.17) is 0 Å². The summed E-state index contributed by atoms with van der Waals surface area (Å²) in [5, 5.41) is 6.72. The molecule has 1 atom stereocenters. The Morgan fingerprint density at radius 1 is 0.963 bits per heavy atom. The van der Waals surface area contributed by atoms with Gasteiger partial charge in [0.2, 0.25) is 0 Å². The first-order valence-corrected chi connectivity index (χ1v) is 8.79. The number of aromatic nitrogens is 1. The Labute approximate surface area is 155 Å². The van der Waals surface area contributed by atoms with E-state index in [0.717, 1.165) is 33.3 Å². The van der Waals surface area contributed by atoms with Crippen molar-refractivity contribution in [2.75, 3.05) is 19.0 Å². The maximum absolute atomic E-state index is 12.4. The van der Waals surface area contributed by atoms with E-state index < -0.39 is 0 Å². The van der Waals surface area contributed by atoms with Crippen LogP contribution in [0.15, 0.2) is 54.4 Å². The van der Waals surface area contributed by atoms with Crippen LogP contribution in [0.25, 0.3) is 16.5 Å². The van der Waals surface area contributed by atoms with Gasteiger partial charge in [0.25, 0.3) is 11.8 Å². The van der Waals surface area contributed by atoms with E-state index in [1.54, 1.807) is 6.20 Å². The van der Waals surface area contributed by atoms with Crippen LogP contribution in [0.4, 0.5) is 5.69 Å². The van der Waals surface area contributed by atoms with Gasteiger partial charge in [0.15, 0.2) is 0 Å². The Hall–Kier alpha value is -3.54. The lowest BCUT2D eigenvalue weighted by Gasteiger charge is -2.22. The second-order valence-corrected chi connectivity index (χ2v) is 7.07. The number of carbonyl (C=O) groups is 2. The number of benzene rings is 2. The van der Waals surface area contributed by atoms with Gasteiger partial charge in [-0.15, -0.1) is 0 Å². The maximum atomic E-state index is 12.4. The molecule has 0 aliphatic carbocycles. The number of nitrogens with zero attached hydrogens (tertiary/aromatic N) is 1. The molecule has 2 aromatic carbocycles. The normalized spacial score (nSPS) is 18.2. The van der Waals surface area contributed by atoms with Crippen molar-refractivity contribution in [2.45, 2.75) is 6.04 Å². The molecule has 27 heavy (non-hydrogen) atoms. The third-order valence-corrected chi connectivity index (χ3v) is 5.28. The van der Waals surface area contributed by atoms with Gasteiger partial charge in [0.1, 0.15) is 5.70 Å². The highest BCUT2D eigenvalue weighted by Crippen LogP contribution is 2.40. The molecule has 0 bridgehead atoms. The molecule has 134 valence electrons. The number of fused-ring (bicyclic) bond motifs is 1. The smallest absolute Gasteiger partial charge is 0.275 e. The number of rotatable bonds is 2. The highest BCUT2D eigenvalue weighted by Gasteiger charge is 2.37. The molecule has 0 fully saturated rings. The number of anilines is 1. The SMILES string of the molecule is CN(C)c1ccc(C2NC3=C(C(=O)NC3=O)c3c[nH]c4cccc2c34)cc1. The minimum Gasteiger partial charge on any atom is -0.378 e. The second kappa shape index (κ2) is 5.48. The van der Waals surface area contributed by atoms with Crippen LogP contribution in [0, 0.1) is 0 Å². The first kappa shape index (κ1) is 15.7. The number of imide groups is 1. The van der Waals surface area contributed by atoms with Gasteiger partial charge < -0.3 is 15.2 Å². The zero-order chi connectivity index (χ0) is 18.7. The summed E-state index contributed by atoms with van der Waals surface area (Å²) in [6.45, 7) is 0. The van der Waals surface area contributed by atoms with Crippen molar-refractivity contribution in [1.29, 1.82) is 0 Å². The van der Waals surface area contributed by atoms with E-state index in [-0.39, 0.29) is 17.9 Å². The number of H-pyrrole nitrogens is 1. The lowest BCUT2D eigenvalue weighted by atomic mass is 9.94. The quantitative estimate of drug-likeness (QED) is 0.615. The van der Waals surface area contributed by atoms with Crippen molar-refractivity contribution in [3.05, 3.63) is 71.0 Å². The third kappa shape index (κ3) is 2.19. The van der Waals surface area contributed by atoms with Crippen LogP contribution in [0.3, 0.4) is 0 Å². The minimum atomic E-state index is -0.382. The highest BCUT2D eigenvalue weighted by molar-refractivity contribution is 6.37. The number of hydrogen-bond donors (Lipinski definition) is 3. The Balaban J connectivity index is 1.75. The van der Waals surface area contributed by atoms with E-state index in [0.29, 0.717) is 11.3 Å². The van der Waals surface area contributed by atoms with E-state index >= 15 is 0 Å². The second-order valence-electron chi connectivity index (χ2n) is 7.07. The molecule has 0 saturated heterocycles. The molecule has 1 aromatic heterocycles. The summed E-state index contributed by atoms with van der Waals surface area (Å²) in [4.78, 5) is 30.1. The van der Waals surface area contributed by atoms with E-state index in [1.807, 2.05) is 37.2 Å². The Morgan fingerprint density at radius 2 is 1.74 bits per heavy atom. The molecule has 3 aromatic rings. The molecule has 1 unspecified atom stereocenters. The van der Waals surface area contributed by atoms with E-state index in [1.165, 1.54) is 0 Å². The summed E-state index contributed by atoms with van der Waals surface area (Å²) in [6.07, 6.45) is 1.81. The Kier molecular flexibility index (Phi) is 3.18. The number of nitrogens with one attached hydrogen (secondary N) is 3. The molecule has 5 rings (SSSR count). The standard InChI is InChI=1S/C21H18N4O2/c1-25(2)12-8-6-11(7-9-12)18-13-4-3-5-15-16(13)14(10-22-15)17-19(23-18)21(27)24-20(17)26/h3-10,18,22-23H,1-2H3,(H,24,26,27). The van der Waals surface area contributed by atoms with Crippen molar-refractivity contribution in [1.82, 2.24) is 15.6 Å². The molecule has 3 heterocycles. The van der Waals surface area contributed by atoms with Crippen molar-refractivity contribution in [3.8, 4) is 0 Å². The molecule has 2 aliphatic rings. The van der Waals surface area contributed by atoms with Crippen LogP contribution in [-0.4, -0.2) is 30.9 Å². The van der Waals surface area contributed by atoms with Crippen LogP contribution >= 0.6 is 0 Å². The van der Waals surface area contributed by atoms with Crippen LogP contribution < -0.4 is 15.5 Å². The number of hydrogen-bond acceptors (Lipinski definition) is 4. The van der Waals surface area contributed by atoms with Crippen LogP contribution in [0.1, 0.15) is 22.7 Å². The van der Waals surface area contributed by atoms with Gasteiger partial charge in [-0.2, -0.15) is 0 Å². The molecule has 0 radical (unpaired) electrons. The zero-order valence-electron chi connectivity index (χ0n) is 15.0. The minimum absolute atomic E-state index is 0.233. The molecule has 0 spiro atoms. The predicted molar refractivity (Wildman–Crippen MR) is 104 cm³/mol. The topological polar surface area (TPSA) is 77.2 Å². The molecule has 6 nitrogen and oxygen atoms in total. The number of aromatic amines is 1. The van der Waals surface area contributed by atoms with Crippen LogP contribution in [-0.2, 0) is 9.59 Å². The molecule has 2 amide bonds. The fourth-order valence-electron chi connectivity index (χ4n) is 3.95. The zero-order valence-corrected chi connectivity index (χ0v) is 15.0. The first-order chi connectivity index (χ1) is 13.0. The average Bonchev–Trinajstić information content (AvgIpc) is 3.14. The van der Waals surface area contributed by atoms with Gasteiger partial charge in [-0.25, -0.2) is 0 Å². The van der Waals surface area contributed by atoms with Gasteiger partial charge in [0.05, 0.1) is 11.6 Å². The molecule has 2 aliphatic heterocycles. The van der Waals surface area contributed by atoms with E-state index in [2.05, 4.69) is 39.9 Å². The molecular formula is C21H18N4O2. The molecular weight excluding hydrogens is 340 g/mol. The summed E-state index contributed by atoms with van der Waals surface area (Å²) in [6, 6.07) is 14.0. The van der Waals surface area contributed by atoms with Gasteiger partial charge in [-0.1, -0.05) is 24.3 Å². The summed E-state index contributed by atoms with van der Waals surface area (Å²) >= 11 is 0. The van der Waals surface area contributed by atoms with Crippen molar-refractivity contribution in [2.24, 2.45) is 0 Å². The number of carbonyl (C=O) groups excluding carboxylic acids is 2.